The minimum absolute atomic E-state index is 0.0244. The number of fused-ring (bicyclic) bond motifs is 2. The van der Waals surface area contributed by atoms with Crippen molar-refractivity contribution in [2.75, 3.05) is 13.1 Å². The number of nitrogens with zero attached hydrogens (tertiary/aromatic N) is 1. The van der Waals surface area contributed by atoms with Crippen LogP contribution in [0.2, 0.25) is 0 Å². The van der Waals surface area contributed by atoms with Gasteiger partial charge in [-0.25, -0.2) is 0 Å². The molecule has 0 aromatic rings. The van der Waals surface area contributed by atoms with Crippen LogP contribution < -0.4 is 0 Å². The van der Waals surface area contributed by atoms with Crippen LogP contribution in [0.4, 0.5) is 0 Å². The minimum Gasteiger partial charge on any atom is -0.357 e. The van der Waals surface area contributed by atoms with Crippen molar-refractivity contribution in [1.82, 2.24) is 4.90 Å². The molecular formula is C21H35NO. The Kier molecular flexibility index (Phi) is 4.14. The lowest BCUT2D eigenvalue weighted by Crippen LogP contribution is -2.42. The molecule has 2 nitrogen and oxygen atoms in total. The fourth-order valence-corrected chi connectivity index (χ4v) is 5.74. The van der Waals surface area contributed by atoms with Crippen LogP contribution in [0, 0.1) is 22.7 Å². The number of likely N-dealkylation sites (tertiary alicyclic amines) is 1. The predicted octanol–water partition coefficient (Wildman–Crippen LogP) is 4.63. The van der Waals surface area contributed by atoms with Gasteiger partial charge in [0, 0.05) is 12.6 Å². The molecule has 1 aliphatic carbocycles. The van der Waals surface area contributed by atoms with E-state index in [-0.39, 0.29) is 11.2 Å². The first kappa shape index (κ1) is 17.3. The first-order chi connectivity index (χ1) is 10.5. The van der Waals surface area contributed by atoms with Crippen molar-refractivity contribution in [3.05, 3.63) is 0 Å². The molecule has 2 saturated heterocycles. The molecule has 0 unspecified atom stereocenters. The van der Waals surface area contributed by atoms with Crippen LogP contribution in [0.3, 0.4) is 0 Å². The van der Waals surface area contributed by atoms with Crippen LogP contribution in [0.15, 0.2) is 0 Å². The van der Waals surface area contributed by atoms with E-state index in [1.165, 1.54) is 32.2 Å². The van der Waals surface area contributed by atoms with Gasteiger partial charge in [0.15, 0.2) is 0 Å². The molecule has 0 N–H and O–H groups in total. The Bertz CT molecular complexity index is 526. The summed E-state index contributed by atoms with van der Waals surface area (Å²) >= 11 is 0. The Labute approximate surface area is 143 Å². The molecule has 3 atom stereocenters. The van der Waals surface area contributed by atoms with E-state index in [0.29, 0.717) is 10.8 Å². The van der Waals surface area contributed by atoms with Gasteiger partial charge >= 0.3 is 0 Å². The Morgan fingerprint density at radius 1 is 1.04 bits per heavy atom. The van der Waals surface area contributed by atoms with Crippen LogP contribution in [0.5, 0.6) is 0 Å². The van der Waals surface area contributed by atoms with E-state index in [9.17, 15) is 0 Å². The first-order valence-electron chi connectivity index (χ1n) is 9.44. The Hall–Kier alpha value is -0.520. The quantitative estimate of drug-likeness (QED) is 0.654. The number of hydrogen-bond donors (Lipinski definition) is 0. The van der Waals surface area contributed by atoms with E-state index < -0.39 is 0 Å². The SMILES string of the molecule is CC1(C)C[C@@H]2C[C@@](C)(CN2CC#C[C@]2(C)CCCC(C)(C)O2)C1. The van der Waals surface area contributed by atoms with Gasteiger partial charge in [-0.2, -0.15) is 0 Å². The molecule has 2 heteroatoms. The van der Waals surface area contributed by atoms with Crippen LogP contribution in [0.25, 0.3) is 0 Å². The van der Waals surface area contributed by atoms with E-state index in [0.717, 1.165) is 25.4 Å². The maximum absolute atomic E-state index is 6.27. The molecule has 2 bridgehead atoms. The van der Waals surface area contributed by atoms with Gasteiger partial charge in [0.1, 0.15) is 5.60 Å². The molecule has 0 aromatic heterocycles. The van der Waals surface area contributed by atoms with Gasteiger partial charge in [-0.3, -0.25) is 4.90 Å². The topological polar surface area (TPSA) is 12.5 Å². The Morgan fingerprint density at radius 2 is 1.78 bits per heavy atom. The van der Waals surface area contributed by atoms with E-state index >= 15 is 0 Å². The summed E-state index contributed by atoms with van der Waals surface area (Å²) in [7, 11) is 0. The van der Waals surface area contributed by atoms with Crippen LogP contribution in [-0.2, 0) is 4.74 Å². The lowest BCUT2D eigenvalue weighted by molar-refractivity contribution is -0.135. The highest BCUT2D eigenvalue weighted by atomic mass is 16.5. The zero-order valence-electron chi connectivity index (χ0n) is 16.1. The fourth-order valence-electron chi connectivity index (χ4n) is 5.74. The average Bonchev–Trinajstić information content (AvgIpc) is 2.56. The predicted molar refractivity (Wildman–Crippen MR) is 96.3 cm³/mol. The highest BCUT2D eigenvalue weighted by molar-refractivity contribution is 5.17. The first-order valence-corrected chi connectivity index (χ1v) is 9.44. The highest BCUT2D eigenvalue weighted by Crippen LogP contribution is 2.52. The van der Waals surface area contributed by atoms with Gasteiger partial charge in [-0.1, -0.05) is 32.6 Å². The molecule has 3 aliphatic rings. The largest absolute Gasteiger partial charge is 0.357 e. The zero-order chi connectivity index (χ0) is 16.9. The second-order valence-electron chi connectivity index (χ2n) is 10.4. The van der Waals surface area contributed by atoms with E-state index in [1.54, 1.807) is 0 Å². The normalized spacial score (nSPS) is 42.1. The fraction of sp³-hybridized carbons (Fsp3) is 0.905. The van der Waals surface area contributed by atoms with Gasteiger partial charge in [0.05, 0.1) is 12.1 Å². The van der Waals surface area contributed by atoms with Gasteiger partial charge in [-0.05, 0) is 70.1 Å². The summed E-state index contributed by atoms with van der Waals surface area (Å²) in [6.07, 6.45) is 7.47. The molecule has 3 fully saturated rings. The van der Waals surface area contributed by atoms with Gasteiger partial charge < -0.3 is 4.74 Å². The highest BCUT2D eigenvalue weighted by Gasteiger charge is 2.49. The molecule has 0 amide bonds. The van der Waals surface area contributed by atoms with Crippen LogP contribution in [0.1, 0.15) is 80.1 Å². The lowest BCUT2D eigenvalue weighted by Gasteiger charge is -2.40. The molecule has 2 aliphatic heterocycles. The van der Waals surface area contributed by atoms with Crippen LogP contribution >= 0.6 is 0 Å². The Balaban J connectivity index is 1.64. The maximum Gasteiger partial charge on any atom is 0.126 e. The van der Waals surface area contributed by atoms with E-state index in [2.05, 4.69) is 58.3 Å². The van der Waals surface area contributed by atoms with Crippen molar-refractivity contribution in [1.29, 1.82) is 0 Å². The van der Waals surface area contributed by atoms with Crippen molar-refractivity contribution >= 4 is 0 Å². The Morgan fingerprint density at radius 3 is 2.48 bits per heavy atom. The third kappa shape index (κ3) is 3.94. The number of ether oxygens (including phenoxy) is 1. The van der Waals surface area contributed by atoms with E-state index in [4.69, 9.17) is 4.74 Å². The number of hydrogen-bond acceptors (Lipinski definition) is 2. The van der Waals surface area contributed by atoms with Crippen molar-refractivity contribution in [2.45, 2.75) is 97.3 Å². The second-order valence-corrected chi connectivity index (χ2v) is 10.4. The lowest BCUT2D eigenvalue weighted by atomic mass is 9.65. The van der Waals surface area contributed by atoms with E-state index in [1.807, 2.05) is 0 Å². The molecule has 2 heterocycles. The average molecular weight is 318 g/mol. The van der Waals surface area contributed by atoms with Crippen molar-refractivity contribution < 1.29 is 4.74 Å². The molecule has 130 valence electrons. The summed E-state index contributed by atoms with van der Waals surface area (Å²) in [6.45, 7) is 16.0. The molecule has 1 saturated carbocycles. The van der Waals surface area contributed by atoms with Crippen LogP contribution in [-0.4, -0.2) is 35.2 Å². The van der Waals surface area contributed by atoms with Gasteiger partial charge in [0.25, 0.3) is 0 Å². The second kappa shape index (κ2) is 5.50. The van der Waals surface area contributed by atoms with Gasteiger partial charge in [0.2, 0.25) is 0 Å². The molecule has 0 spiro atoms. The summed E-state index contributed by atoms with van der Waals surface area (Å²) in [5.74, 6) is 6.96. The smallest absolute Gasteiger partial charge is 0.126 e. The zero-order valence-corrected chi connectivity index (χ0v) is 16.1. The van der Waals surface area contributed by atoms with Gasteiger partial charge in [-0.15, -0.1) is 0 Å². The molecule has 3 rings (SSSR count). The summed E-state index contributed by atoms with van der Waals surface area (Å²) in [4.78, 5) is 2.64. The third-order valence-corrected chi connectivity index (χ3v) is 6.09. The summed E-state index contributed by atoms with van der Waals surface area (Å²) < 4.78 is 6.27. The summed E-state index contributed by atoms with van der Waals surface area (Å²) in [6, 6.07) is 0.731. The summed E-state index contributed by atoms with van der Waals surface area (Å²) in [5, 5.41) is 0. The molecule has 23 heavy (non-hydrogen) atoms. The number of rotatable bonds is 1. The maximum atomic E-state index is 6.27. The molecular weight excluding hydrogens is 282 g/mol. The minimum atomic E-state index is -0.250. The van der Waals surface area contributed by atoms with Crippen molar-refractivity contribution in [2.24, 2.45) is 10.8 Å². The van der Waals surface area contributed by atoms with Crippen molar-refractivity contribution in [3.63, 3.8) is 0 Å². The standard InChI is InChI=1S/C21H35NO/c1-18(2)13-17-14-20(5,15-18)16-22(17)12-8-11-21(6)10-7-9-19(3,4)23-21/h17H,7,9-10,12-16H2,1-6H3/t17-,20-,21+/m1/s1. The third-order valence-electron chi connectivity index (χ3n) is 6.09. The monoisotopic (exact) mass is 317 g/mol. The molecule has 0 aromatic carbocycles. The summed E-state index contributed by atoms with van der Waals surface area (Å²) in [5.41, 5.74) is 0.715. The molecule has 0 radical (unpaired) electrons. The van der Waals surface area contributed by atoms with Crippen molar-refractivity contribution in [3.8, 4) is 11.8 Å².